The normalized spacial score (nSPS) is 10.4. The Morgan fingerprint density at radius 1 is 1.47 bits per heavy atom. The van der Waals surface area contributed by atoms with E-state index in [1.165, 1.54) is 12.1 Å². The minimum atomic E-state index is -0.272. The van der Waals surface area contributed by atoms with E-state index in [0.29, 0.717) is 19.4 Å². The molecule has 4 nitrogen and oxygen atoms in total. The van der Waals surface area contributed by atoms with Crippen molar-refractivity contribution < 1.29 is 9.18 Å². The number of aromatic nitrogens is 2. The molecular weight excluding hydrogens is 245 g/mol. The number of halogens is 1. The maximum Gasteiger partial charge on any atom is 0.220 e. The van der Waals surface area contributed by atoms with Gasteiger partial charge in [0.1, 0.15) is 11.6 Å². The molecule has 0 spiro atoms. The van der Waals surface area contributed by atoms with E-state index in [0.717, 1.165) is 11.4 Å². The monoisotopic (exact) mass is 261 g/mol. The van der Waals surface area contributed by atoms with Crippen molar-refractivity contribution in [3.05, 3.63) is 53.9 Å². The van der Waals surface area contributed by atoms with Crippen molar-refractivity contribution in [3.63, 3.8) is 0 Å². The van der Waals surface area contributed by atoms with Crippen molar-refractivity contribution >= 4 is 5.91 Å². The lowest BCUT2D eigenvalue weighted by atomic mass is 10.1. The summed E-state index contributed by atoms with van der Waals surface area (Å²) in [6.07, 6.45) is 4.39. The van der Waals surface area contributed by atoms with Gasteiger partial charge in [-0.2, -0.15) is 0 Å². The van der Waals surface area contributed by atoms with Crippen molar-refractivity contribution in [2.75, 3.05) is 0 Å². The lowest BCUT2D eigenvalue weighted by Crippen LogP contribution is -2.24. The Labute approximate surface area is 111 Å². The third kappa shape index (κ3) is 3.91. The van der Waals surface area contributed by atoms with Crippen LogP contribution in [-0.4, -0.2) is 15.5 Å². The van der Waals surface area contributed by atoms with Crippen LogP contribution in [0.15, 0.2) is 36.7 Å². The van der Waals surface area contributed by atoms with Gasteiger partial charge in [0, 0.05) is 25.9 Å². The fraction of sp³-hybridized carbons (Fsp3) is 0.286. The van der Waals surface area contributed by atoms with Crippen LogP contribution < -0.4 is 5.32 Å². The topological polar surface area (TPSA) is 46.9 Å². The van der Waals surface area contributed by atoms with Crippen LogP contribution in [0.3, 0.4) is 0 Å². The molecule has 0 radical (unpaired) electrons. The molecule has 0 saturated heterocycles. The van der Waals surface area contributed by atoms with Gasteiger partial charge in [-0.25, -0.2) is 9.37 Å². The third-order valence-electron chi connectivity index (χ3n) is 2.89. The zero-order chi connectivity index (χ0) is 13.7. The second-order valence-electron chi connectivity index (χ2n) is 4.36. The van der Waals surface area contributed by atoms with Crippen LogP contribution in [-0.2, 0) is 24.8 Å². The van der Waals surface area contributed by atoms with Gasteiger partial charge in [0.2, 0.25) is 5.91 Å². The smallest absolute Gasteiger partial charge is 0.220 e. The molecule has 19 heavy (non-hydrogen) atoms. The molecule has 0 saturated carbocycles. The number of imidazole rings is 1. The molecule has 1 aromatic heterocycles. The van der Waals surface area contributed by atoms with Gasteiger partial charge in [-0.1, -0.05) is 12.1 Å². The summed E-state index contributed by atoms with van der Waals surface area (Å²) in [7, 11) is 1.88. The van der Waals surface area contributed by atoms with Gasteiger partial charge in [-0.05, 0) is 24.1 Å². The number of hydrogen-bond donors (Lipinski definition) is 1. The maximum absolute atomic E-state index is 13.0. The average molecular weight is 261 g/mol. The number of carbonyl (C=O) groups is 1. The van der Waals surface area contributed by atoms with Gasteiger partial charge >= 0.3 is 0 Å². The van der Waals surface area contributed by atoms with E-state index < -0.39 is 0 Å². The minimum Gasteiger partial charge on any atom is -0.349 e. The Morgan fingerprint density at radius 2 is 2.32 bits per heavy atom. The Hall–Kier alpha value is -2.17. The summed E-state index contributed by atoms with van der Waals surface area (Å²) in [5.74, 6) is 0.470. The number of benzene rings is 1. The molecule has 0 aliphatic carbocycles. The first-order valence-corrected chi connectivity index (χ1v) is 6.12. The molecule has 1 amide bonds. The van der Waals surface area contributed by atoms with Crippen molar-refractivity contribution in [2.24, 2.45) is 7.05 Å². The van der Waals surface area contributed by atoms with E-state index in [2.05, 4.69) is 10.3 Å². The van der Waals surface area contributed by atoms with Crippen LogP contribution in [0.2, 0.25) is 0 Å². The Bertz CT molecular complexity index is 565. The summed E-state index contributed by atoms with van der Waals surface area (Å²) >= 11 is 0. The predicted octanol–water partition coefficient (Wildman–Crippen LogP) is 1.81. The summed E-state index contributed by atoms with van der Waals surface area (Å²) in [5, 5.41) is 2.79. The van der Waals surface area contributed by atoms with Crippen molar-refractivity contribution in [2.45, 2.75) is 19.4 Å². The third-order valence-corrected chi connectivity index (χ3v) is 2.89. The first kappa shape index (κ1) is 13.3. The van der Waals surface area contributed by atoms with Crippen LogP contribution in [0.5, 0.6) is 0 Å². The van der Waals surface area contributed by atoms with Gasteiger partial charge in [0.05, 0.1) is 6.54 Å². The summed E-state index contributed by atoms with van der Waals surface area (Å²) in [4.78, 5) is 15.8. The van der Waals surface area contributed by atoms with E-state index in [4.69, 9.17) is 0 Å². The summed E-state index contributed by atoms with van der Waals surface area (Å²) in [6, 6.07) is 6.31. The number of nitrogens with one attached hydrogen (secondary N) is 1. The fourth-order valence-corrected chi connectivity index (χ4v) is 1.78. The molecule has 2 aromatic rings. The highest BCUT2D eigenvalue weighted by Crippen LogP contribution is 2.06. The van der Waals surface area contributed by atoms with Crippen LogP contribution >= 0.6 is 0 Å². The molecule has 2 rings (SSSR count). The fourth-order valence-electron chi connectivity index (χ4n) is 1.78. The number of rotatable bonds is 5. The van der Waals surface area contributed by atoms with E-state index in [-0.39, 0.29) is 11.7 Å². The van der Waals surface area contributed by atoms with Crippen molar-refractivity contribution in [1.29, 1.82) is 0 Å². The Morgan fingerprint density at radius 3 is 3.00 bits per heavy atom. The SMILES string of the molecule is Cn1ccnc1CNC(=O)CCc1cccc(F)c1. The number of amides is 1. The highest BCUT2D eigenvalue weighted by Gasteiger charge is 2.05. The van der Waals surface area contributed by atoms with E-state index in [1.54, 1.807) is 12.3 Å². The largest absolute Gasteiger partial charge is 0.349 e. The second kappa shape index (κ2) is 6.13. The van der Waals surface area contributed by atoms with Gasteiger partial charge < -0.3 is 9.88 Å². The van der Waals surface area contributed by atoms with Crippen LogP contribution in [0.25, 0.3) is 0 Å². The lowest BCUT2D eigenvalue weighted by Gasteiger charge is -2.05. The molecule has 1 heterocycles. The standard InChI is InChI=1S/C14H16FN3O/c1-18-8-7-16-13(18)10-17-14(19)6-5-11-3-2-4-12(15)9-11/h2-4,7-9H,5-6,10H2,1H3,(H,17,19). The average Bonchev–Trinajstić information content (AvgIpc) is 2.80. The Kier molecular flexibility index (Phi) is 4.28. The molecule has 0 bridgehead atoms. The molecular formula is C14H16FN3O. The molecule has 100 valence electrons. The zero-order valence-corrected chi connectivity index (χ0v) is 10.8. The van der Waals surface area contributed by atoms with Gasteiger partial charge in [-0.3, -0.25) is 4.79 Å². The van der Waals surface area contributed by atoms with E-state index in [1.807, 2.05) is 23.9 Å². The van der Waals surface area contributed by atoms with Crippen molar-refractivity contribution in [1.82, 2.24) is 14.9 Å². The molecule has 0 aliphatic heterocycles. The number of aryl methyl sites for hydroxylation is 2. The zero-order valence-electron chi connectivity index (χ0n) is 10.8. The molecule has 1 N–H and O–H groups in total. The van der Waals surface area contributed by atoms with Crippen LogP contribution in [0.4, 0.5) is 4.39 Å². The molecule has 0 unspecified atom stereocenters. The minimum absolute atomic E-state index is 0.0627. The highest BCUT2D eigenvalue weighted by atomic mass is 19.1. The number of carbonyl (C=O) groups excluding carboxylic acids is 1. The maximum atomic E-state index is 13.0. The first-order valence-electron chi connectivity index (χ1n) is 6.12. The van der Waals surface area contributed by atoms with Crippen LogP contribution in [0.1, 0.15) is 17.8 Å². The number of nitrogens with zero attached hydrogens (tertiary/aromatic N) is 2. The van der Waals surface area contributed by atoms with Gasteiger partial charge in [0.15, 0.2) is 0 Å². The second-order valence-corrected chi connectivity index (χ2v) is 4.36. The lowest BCUT2D eigenvalue weighted by molar-refractivity contribution is -0.121. The molecule has 5 heteroatoms. The predicted molar refractivity (Wildman–Crippen MR) is 69.8 cm³/mol. The highest BCUT2D eigenvalue weighted by molar-refractivity contribution is 5.76. The molecule has 0 atom stereocenters. The van der Waals surface area contributed by atoms with Gasteiger partial charge in [0.25, 0.3) is 0 Å². The van der Waals surface area contributed by atoms with Gasteiger partial charge in [-0.15, -0.1) is 0 Å². The summed E-state index contributed by atoms with van der Waals surface area (Å²) < 4.78 is 14.8. The molecule has 1 aromatic carbocycles. The summed E-state index contributed by atoms with van der Waals surface area (Å²) in [6.45, 7) is 0.408. The Balaban J connectivity index is 1.77. The molecule has 0 fully saturated rings. The quantitative estimate of drug-likeness (QED) is 0.892. The van der Waals surface area contributed by atoms with E-state index >= 15 is 0 Å². The van der Waals surface area contributed by atoms with Crippen LogP contribution in [0, 0.1) is 5.82 Å². The summed E-state index contributed by atoms with van der Waals surface area (Å²) in [5.41, 5.74) is 0.826. The van der Waals surface area contributed by atoms with Crippen molar-refractivity contribution in [3.8, 4) is 0 Å². The first-order chi connectivity index (χ1) is 9.15. The van der Waals surface area contributed by atoms with E-state index in [9.17, 15) is 9.18 Å². The number of hydrogen-bond acceptors (Lipinski definition) is 2. The molecule has 0 aliphatic rings.